The number of ether oxygens (including phenoxy) is 1. The Morgan fingerprint density at radius 2 is 1.85 bits per heavy atom. The molecule has 0 saturated heterocycles. The molecular weight excluding hydrogens is 268 g/mol. The summed E-state index contributed by atoms with van der Waals surface area (Å²) in [5.74, 6) is 0.926. The van der Waals surface area contributed by atoms with E-state index in [-0.39, 0.29) is 5.60 Å². The summed E-state index contributed by atoms with van der Waals surface area (Å²) in [6.07, 6.45) is 7.72. The molecular formula is C16H26N2OS. The first-order chi connectivity index (χ1) is 9.66. The van der Waals surface area contributed by atoms with Gasteiger partial charge in [-0.2, -0.15) is 0 Å². The second-order valence-electron chi connectivity index (χ2n) is 5.54. The van der Waals surface area contributed by atoms with Crippen LogP contribution in [-0.4, -0.2) is 16.6 Å². The molecule has 3 nitrogen and oxygen atoms in total. The predicted molar refractivity (Wildman–Crippen MR) is 84.6 cm³/mol. The molecule has 0 radical (unpaired) electrons. The summed E-state index contributed by atoms with van der Waals surface area (Å²) < 4.78 is 6.83. The summed E-state index contributed by atoms with van der Waals surface area (Å²) in [5, 5.41) is 0. The van der Waals surface area contributed by atoms with Crippen LogP contribution in [0, 0.1) is 4.64 Å². The van der Waals surface area contributed by atoms with Crippen LogP contribution in [0.15, 0.2) is 0 Å². The molecule has 0 aliphatic heterocycles. The predicted octanol–water partition coefficient (Wildman–Crippen LogP) is 4.46. The average Bonchev–Trinajstić information content (AvgIpc) is 2.70. The van der Waals surface area contributed by atoms with E-state index in [0.717, 1.165) is 36.1 Å². The Kier molecular flexibility index (Phi) is 5.33. The minimum absolute atomic E-state index is 0.316. The van der Waals surface area contributed by atoms with Crippen LogP contribution < -0.4 is 0 Å². The first-order valence-corrected chi connectivity index (χ1v) is 8.34. The van der Waals surface area contributed by atoms with Crippen LogP contribution >= 0.6 is 12.2 Å². The van der Waals surface area contributed by atoms with E-state index in [1.54, 1.807) is 0 Å². The minimum Gasteiger partial charge on any atom is -0.367 e. The van der Waals surface area contributed by atoms with E-state index in [9.17, 15) is 0 Å². The van der Waals surface area contributed by atoms with Crippen molar-refractivity contribution in [2.75, 3.05) is 6.61 Å². The van der Waals surface area contributed by atoms with E-state index in [1.807, 2.05) is 6.92 Å². The molecule has 112 valence electrons. The number of nitrogens with one attached hydrogen (secondary N) is 1. The summed E-state index contributed by atoms with van der Waals surface area (Å²) in [6.45, 7) is 7.05. The van der Waals surface area contributed by atoms with E-state index in [4.69, 9.17) is 21.9 Å². The van der Waals surface area contributed by atoms with E-state index < -0.39 is 0 Å². The van der Waals surface area contributed by atoms with Crippen molar-refractivity contribution in [2.24, 2.45) is 0 Å². The number of aromatic nitrogens is 2. The van der Waals surface area contributed by atoms with E-state index in [0.29, 0.717) is 6.61 Å². The quantitative estimate of drug-likeness (QED) is 0.643. The molecule has 1 aromatic rings. The van der Waals surface area contributed by atoms with Crippen LogP contribution in [0.3, 0.4) is 0 Å². The molecule has 1 heterocycles. The summed E-state index contributed by atoms with van der Waals surface area (Å²) in [4.78, 5) is 8.27. The number of H-pyrrole nitrogens is 1. The first-order valence-electron chi connectivity index (χ1n) is 7.93. The highest BCUT2D eigenvalue weighted by Crippen LogP contribution is 2.32. The molecule has 0 saturated carbocycles. The van der Waals surface area contributed by atoms with Gasteiger partial charge in [0.25, 0.3) is 0 Å². The molecule has 20 heavy (non-hydrogen) atoms. The highest BCUT2D eigenvalue weighted by molar-refractivity contribution is 7.71. The molecule has 1 aromatic heterocycles. The molecule has 0 bridgehead atoms. The van der Waals surface area contributed by atoms with Gasteiger partial charge < -0.3 is 9.72 Å². The van der Waals surface area contributed by atoms with Gasteiger partial charge in [0.2, 0.25) is 0 Å². The van der Waals surface area contributed by atoms with Gasteiger partial charge in [0.05, 0.1) is 0 Å². The first kappa shape index (κ1) is 15.6. The molecule has 1 aliphatic carbocycles. The summed E-state index contributed by atoms with van der Waals surface area (Å²) >= 11 is 5.55. The van der Waals surface area contributed by atoms with Gasteiger partial charge in [0.15, 0.2) is 0 Å². The minimum atomic E-state index is -0.316. The SMILES string of the molecule is CCOC(CC)(CC)c1nc(=S)c2c([nH]1)CCCCC2. The third-order valence-corrected chi connectivity index (χ3v) is 4.79. The number of fused-ring (bicyclic) bond motifs is 1. The van der Waals surface area contributed by atoms with Gasteiger partial charge in [-0.1, -0.05) is 32.5 Å². The molecule has 0 spiro atoms. The molecule has 0 unspecified atom stereocenters. The Hall–Kier alpha value is -0.740. The third-order valence-electron chi connectivity index (χ3n) is 4.45. The standard InChI is InChI=1S/C16H26N2OS/c1-4-16(5-2,19-6-3)15-17-13-11-9-7-8-10-12(13)14(20)18-15/h4-11H2,1-3H3,(H,17,18,20). The van der Waals surface area contributed by atoms with Crippen LogP contribution in [0.2, 0.25) is 0 Å². The zero-order valence-electron chi connectivity index (χ0n) is 12.9. The third kappa shape index (κ3) is 2.96. The Balaban J connectivity index is 2.49. The molecule has 2 rings (SSSR count). The largest absolute Gasteiger partial charge is 0.367 e. The van der Waals surface area contributed by atoms with Crippen molar-refractivity contribution in [3.8, 4) is 0 Å². The lowest BCUT2D eigenvalue weighted by atomic mass is 9.95. The maximum Gasteiger partial charge on any atom is 0.140 e. The van der Waals surface area contributed by atoms with E-state index >= 15 is 0 Å². The topological polar surface area (TPSA) is 37.9 Å². The molecule has 0 aromatic carbocycles. The average molecular weight is 294 g/mol. The molecule has 1 N–H and O–H groups in total. The van der Waals surface area contributed by atoms with Crippen molar-refractivity contribution < 1.29 is 4.74 Å². The van der Waals surface area contributed by atoms with Crippen LogP contribution in [0.1, 0.15) is 70.0 Å². The zero-order valence-corrected chi connectivity index (χ0v) is 13.7. The number of aromatic amines is 1. The smallest absolute Gasteiger partial charge is 0.140 e. The maximum atomic E-state index is 6.05. The highest BCUT2D eigenvalue weighted by atomic mass is 32.1. The van der Waals surface area contributed by atoms with Gasteiger partial charge in [0.1, 0.15) is 16.1 Å². The lowest BCUT2D eigenvalue weighted by molar-refractivity contribution is -0.0574. The maximum absolute atomic E-state index is 6.05. The van der Waals surface area contributed by atoms with Crippen molar-refractivity contribution >= 4 is 12.2 Å². The monoisotopic (exact) mass is 294 g/mol. The van der Waals surface area contributed by atoms with Gasteiger partial charge in [-0.25, -0.2) is 4.98 Å². The fraction of sp³-hybridized carbons (Fsp3) is 0.750. The van der Waals surface area contributed by atoms with Crippen LogP contribution in [0.25, 0.3) is 0 Å². The fourth-order valence-electron chi connectivity index (χ4n) is 3.15. The van der Waals surface area contributed by atoms with Crippen molar-refractivity contribution in [1.82, 2.24) is 9.97 Å². The Bertz CT molecular complexity index is 506. The number of hydrogen-bond donors (Lipinski definition) is 1. The summed E-state index contributed by atoms with van der Waals surface area (Å²) in [6, 6.07) is 0. The van der Waals surface area contributed by atoms with Gasteiger partial charge in [0, 0.05) is 17.9 Å². The van der Waals surface area contributed by atoms with E-state index in [2.05, 4.69) is 18.8 Å². The van der Waals surface area contributed by atoms with Crippen LogP contribution in [0.5, 0.6) is 0 Å². The normalized spacial score (nSPS) is 15.8. The number of rotatable bonds is 5. The molecule has 1 aliphatic rings. The molecule has 0 fully saturated rings. The Morgan fingerprint density at radius 1 is 1.15 bits per heavy atom. The Labute approximate surface area is 127 Å². The van der Waals surface area contributed by atoms with Crippen LogP contribution in [0.4, 0.5) is 0 Å². The zero-order chi connectivity index (χ0) is 14.6. The lowest BCUT2D eigenvalue weighted by Crippen LogP contribution is -2.31. The molecule has 0 atom stereocenters. The number of nitrogens with zero attached hydrogens (tertiary/aromatic N) is 1. The van der Waals surface area contributed by atoms with Crippen molar-refractivity contribution in [1.29, 1.82) is 0 Å². The summed E-state index contributed by atoms with van der Waals surface area (Å²) in [5.41, 5.74) is 2.24. The van der Waals surface area contributed by atoms with Gasteiger partial charge in [-0.05, 0) is 45.4 Å². The Morgan fingerprint density at radius 3 is 2.50 bits per heavy atom. The fourth-order valence-corrected chi connectivity index (χ4v) is 3.46. The van der Waals surface area contributed by atoms with Gasteiger partial charge >= 0.3 is 0 Å². The van der Waals surface area contributed by atoms with E-state index in [1.165, 1.54) is 30.5 Å². The number of hydrogen-bond acceptors (Lipinski definition) is 3. The second-order valence-corrected chi connectivity index (χ2v) is 5.93. The summed E-state index contributed by atoms with van der Waals surface area (Å²) in [7, 11) is 0. The van der Waals surface area contributed by atoms with Gasteiger partial charge in [-0.15, -0.1) is 0 Å². The van der Waals surface area contributed by atoms with Gasteiger partial charge in [-0.3, -0.25) is 0 Å². The highest BCUT2D eigenvalue weighted by Gasteiger charge is 2.32. The second kappa shape index (κ2) is 6.81. The van der Waals surface area contributed by atoms with Crippen molar-refractivity contribution in [2.45, 2.75) is 71.3 Å². The van der Waals surface area contributed by atoms with Crippen LogP contribution in [-0.2, 0) is 23.2 Å². The van der Waals surface area contributed by atoms with Crippen molar-refractivity contribution in [3.05, 3.63) is 21.7 Å². The molecule has 0 amide bonds. The van der Waals surface area contributed by atoms with Crippen molar-refractivity contribution in [3.63, 3.8) is 0 Å². The number of aryl methyl sites for hydroxylation is 1. The molecule has 4 heteroatoms. The lowest BCUT2D eigenvalue weighted by Gasteiger charge is -2.31.